The number of nitrogens with one attached hydrogen (secondary N) is 1. The molecule has 2 heterocycles. The lowest BCUT2D eigenvalue weighted by molar-refractivity contribution is 0.0690. The Bertz CT molecular complexity index is 355. The van der Waals surface area contributed by atoms with E-state index < -0.39 is 5.97 Å². The molecule has 1 aromatic rings. The normalized spacial score (nSPS) is 21.6. The van der Waals surface area contributed by atoms with E-state index in [1.165, 1.54) is 19.0 Å². The highest BCUT2D eigenvalue weighted by molar-refractivity contribution is 5.84. The standard InChI is InChI=1S/C10H16N4O2/c15-10(16)9-7-14(13-12-9)6-8-3-1-2-4-11-5-8/h7-8,11H,1-6H2,(H,15,16). The van der Waals surface area contributed by atoms with E-state index in [1.807, 2.05) is 0 Å². The molecule has 0 bridgehead atoms. The van der Waals surface area contributed by atoms with Crippen LogP contribution in [0.1, 0.15) is 29.8 Å². The summed E-state index contributed by atoms with van der Waals surface area (Å²) in [5.41, 5.74) is 0.0154. The second kappa shape index (κ2) is 5.07. The van der Waals surface area contributed by atoms with Crippen molar-refractivity contribution in [1.29, 1.82) is 0 Å². The highest BCUT2D eigenvalue weighted by Crippen LogP contribution is 2.13. The van der Waals surface area contributed by atoms with Crippen LogP contribution in [-0.2, 0) is 6.54 Å². The fraction of sp³-hybridized carbons (Fsp3) is 0.700. The van der Waals surface area contributed by atoms with E-state index in [1.54, 1.807) is 4.68 Å². The summed E-state index contributed by atoms with van der Waals surface area (Å²) in [6, 6.07) is 0. The molecule has 1 fully saturated rings. The Morgan fingerprint density at radius 3 is 3.25 bits per heavy atom. The molecule has 88 valence electrons. The van der Waals surface area contributed by atoms with Crippen molar-refractivity contribution in [3.63, 3.8) is 0 Å². The minimum atomic E-state index is -1.02. The van der Waals surface area contributed by atoms with Crippen molar-refractivity contribution >= 4 is 5.97 Å². The van der Waals surface area contributed by atoms with Gasteiger partial charge in [-0.25, -0.2) is 4.79 Å². The second-order valence-electron chi connectivity index (χ2n) is 4.20. The molecule has 1 aromatic heterocycles. The maximum absolute atomic E-state index is 10.6. The monoisotopic (exact) mass is 224 g/mol. The summed E-state index contributed by atoms with van der Waals surface area (Å²) in [4.78, 5) is 10.6. The third-order valence-corrected chi connectivity index (χ3v) is 2.85. The van der Waals surface area contributed by atoms with E-state index in [4.69, 9.17) is 5.11 Å². The van der Waals surface area contributed by atoms with E-state index in [0.29, 0.717) is 5.92 Å². The van der Waals surface area contributed by atoms with Gasteiger partial charge in [-0.3, -0.25) is 4.68 Å². The van der Waals surface area contributed by atoms with Gasteiger partial charge in [-0.2, -0.15) is 0 Å². The number of hydrogen-bond donors (Lipinski definition) is 2. The SMILES string of the molecule is O=C(O)c1cn(CC2CCCCNC2)nn1. The first-order valence-corrected chi connectivity index (χ1v) is 5.60. The van der Waals surface area contributed by atoms with Crippen molar-refractivity contribution in [2.75, 3.05) is 13.1 Å². The van der Waals surface area contributed by atoms with Crippen molar-refractivity contribution in [2.45, 2.75) is 25.8 Å². The van der Waals surface area contributed by atoms with E-state index in [2.05, 4.69) is 15.6 Å². The average Bonchev–Trinajstić information content (AvgIpc) is 2.56. The van der Waals surface area contributed by atoms with Crippen molar-refractivity contribution < 1.29 is 9.90 Å². The minimum absolute atomic E-state index is 0.0154. The van der Waals surface area contributed by atoms with Gasteiger partial charge < -0.3 is 10.4 Å². The summed E-state index contributed by atoms with van der Waals surface area (Å²) < 4.78 is 1.63. The molecule has 0 radical (unpaired) electrons. The van der Waals surface area contributed by atoms with Crippen LogP contribution >= 0.6 is 0 Å². The van der Waals surface area contributed by atoms with Crippen LogP contribution in [0.15, 0.2) is 6.20 Å². The minimum Gasteiger partial charge on any atom is -0.476 e. The molecule has 0 amide bonds. The molecular weight excluding hydrogens is 208 g/mol. The Labute approximate surface area is 93.6 Å². The van der Waals surface area contributed by atoms with Crippen LogP contribution in [0, 0.1) is 5.92 Å². The molecule has 0 aliphatic carbocycles. The molecule has 0 spiro atoms. The fourth-order valence-corrected chi connectivity index (χ4v) is 2.00. The molecule has 6 nitrogen and oxygen atoms in total. The largest absolute Gasteiger partial charge is 0.476 e. The van der Waals surface area contributed by atoms with Gasteiger partial charge in [0.25, 0.3) is 0 Å². The van der Waals surface area contributed by atoms with Gasteiger partial charge in [-0.1, -0.05) is 11.6 Å². The molecule has 0 aromatic carbocycles. The zero-order chi connectivity index (χ0) is 11.4. The molecule has 16 heavy (non-hydrogen) atoms. The van der Waals surface area contributed by atoms with Gasteiger partial charge in [0.1, 0.15) is 0 Å². The maximum atomic E-state index is 10.6. The summed E-state index contributed by atoms with van der Waals surface area (Å²) in [5, 5.41) is 19.5. The molecule has 2 rings (SSSR count). The quantitative estimate of drug-likeness (QED) is 0.775. The Balaban J connectivity index is 1.94. The van der Waals surface area contributed by atoms with Gasteiger partial charge in [-0.05, 0) is 31.8 Å². The molecule has 0 saturated carbocycles. The molecule has 1 atom stereocenters. The first-order valence-electron chi connectivity index (χ1n) is 5.60. The van der Waals surface area contributed by atoms with Gasteiger partial charge >= 0.3 is 5.97 Å². The predicted octanol–water partition coefficient (Wildman–Crippen LogP) is 0.366. The summed E-state index contributed by atoms with van der Waals surface area (Å²) in [6.45, 7) is 2.80. The number of hydrogen-bond acceptors (Lipinski definition) is 4. The molecule has 1 saturated heterocycles. The summed E-state index contributed by atoms with van der Waals surface area (Å²) in [6.07, 6.45) is 5.09. The summed E-state index contributed by atoms with van der Waals surface area (Å²) >= 11 is 0. The lowest BCUT2D eigenvalue weighted by atomic mass is 10.0. The molecule has 2 N–H and O–H groups in total. The van der Waals surface area contributed by atoms with E-state index in [-0.39, 0.29) is 5.69 Å². The van der Waals surface area contributed by atoms with Crippen molar-refractivity contribution in [3.05, 3.63) is 11.9 Å². The number of nitrogens with zero attached hydrogens (tertiary/aromatic N) is 3. The first-order chi connectivity index (χ1) is 7.75. The number of carboxylic acid groups (broad SMARTS) is 1. The third-order valence-electron chi connectivity index (χ3n) is 2.85. The fourth-order valence-electron chi connectivity index (χ4n) is 2.00. The Hall–Kier alpha value is -1.43. The number of carboxylic acids is 1. The third kappa shape index (κ3) is 2.79. The van der Waals surface area contributed by atoms with Crippen molar-refractivity contribution in [2.24, 2.45) is 5.92 Å². The molecular formula is C10H16N4O2. The average molecular weight is 224 g/mol. The number of aromatic nitrogens is 3. The molecule has 1 aliphatic rings. The Kier molecular flexibility index (Phi) is 3.51. The van der Waals surface area contributed by atoms with Gasteiger partial charge in [-0.15, -0.1) is 5.10 Å². The Morgan fingerprint density at radius 1 is 1.62 bits per heavy atom. The van der Waals surface area contributed by atoms with Gasteiger partial charge in [0, 0.05) is 6.54 Å². The smallest absolute Gasteiger partial charge is 0.358 e. The van der Waals surface area contributed by atoms with Crippen LogP contribution in [0.2, 0.25) is 0 Å². The highest BCUT2D eigenvalue weighted by Gasteiger charge is 2.14. The van der Waals surface area contributed by atoms with Crippen LogP contribution in [0.5, 0.6) is 0 Å². The lowest BCUT2D eigenvalue weighted by Gasteiger charge is -2.12. The van der Waals surface area contributed by atoms with E-state index in [9.17, 15) is 4.79 Å². The maximum Gasteiger partial charge on any atom is 0.358 e. The predicted molar refractivity (Wildman–Crippen MR) is 57.2 cm³/mol. The van der Waals surface area contributed by atoms with Gasteiger partial charge in [0.2, 0.25) is 0 Å². The number of carbonyl (C=O) groups is 1. The zero-order valence-electron chi connectivity index (χ0n) is 9.09. The molecule has 1 unspecified atom stereocenters. The van der Waals surface area contributed by atoms with Crippen LogP contribution in [-0.4, -0.2) is 39.2 Å². The van der Waals surface area contributed by atoms with Crippen LogP contribution in [0.3, 0.4) is 0 Å². The van der Waals surface area contributed by atoms with E-state index >= 15 is 0 Å². The summed E-state index contributed by atoms with van der Waals surface area (Å²) in [5.74, 6) is -0.504. The lowest BCUT2D eigenvalue weighted by Crippen LogP contribution is -2.24. The molecule has 6 heteroatoms. The van der Waals surface area contributed by atoms with Crippen molar-refractivity contribution in [1.82, 2.24) is 20.3 Å². The van der Waals surface area contributed by atoms with Gasteiger partial charge in [0.05, 0.1) is 6.20 Å². The topological polar surface area (TPSA) is 80.0 Å². The molecule has 1 aliphatic heterocycles. The second-order valence-corrected chi connectivity index (χ2v) is 4.20. The Morgan fingerprint density at radius 2 is 2.50 bits per heavy atom. The van der Waals surface area contributed by atoms with Crippen molar-refractivity contribution in [3.8, 4) is 0 Å². The van der Waals surface area contributed by atoms with Crippen LogP contribution in [0.25, 0.3) is 0 Å². The number of rotatable bonds is 3. The number of aromatic carboxylic acids is 1. The van der Waals surface area contributed by atoms with Gasteiger partial charge in [0.15, 0.2) is 5.69 Å². The first kappa shape index (κ1) is 11.1. The van der Waals surface area contributed by atoms with Crippen LogP contribution in [0.4, 0.5) is 0 Å². The summed E-state index contributed by atoms with van der Waals surface area (Å²) in [7, 11) is 0. The van der Waals surface area contributed by atoms with E-state index in [0.717, 1.165) is 26.1 Å². The van der Waals surface area contributed by atoms with Crippen LogP contribution < -0.4 is 5.32 Å². The highest BCUT2D eigenvalue weighted by atomic mass is 16.4. The zero-order valence-corrected chi connectivity index (χ0v) is 9.09.